The van der Waals surface area contributed by atoms with Gasteiger partial charge < -0.3 is 9.64 Å². The molecule has 0 aliphatic carbocycles. The molecule has 72 valence electrons. The van der Waals surface area contributed by atoms with Crippen LogP contribution in [0.4, 0.5) is 5.69 Å². The van der Waals surface area contributed by atoms with Crippen LogP contribution in [-0.4, -0.2) is 19.1 Å². The van der Waals surface area contributed by atoms with E-state index in [1.165, 1.54) is 0 Å². The first kappa shape index (κ1) is 8.11. The third-order valence-electron chi connectivity index (χ3n) is 2.32. The van der Waals surface area contributed by atoms with E-state index in [2.05, 4.69) is 31.4 Å². The molecule has 0 aromatic heterocycles. The molecule has 2 aliphatic rings. The third kappa shape index (κ3) is 1.09. The van der Waals surface area contributed by atoms with Crippen molar-refractivity contribution in [2.75, 3.05) is 18.2 Å². The zero-order chi connectivity index (χ0) is 9.54. The summed E-state index contributed by atoms with van der Waals surface area (Å²) in [6, 6.07) is 5.98. The summed E-state index contributed by atoms with van der Waals surface area (Å²) in [5, 5.41) is 4.14. The number of ether oxygens (including phenoxy) is 1. The molecular formula is C9H8BrN3O. The van der Waals surface area contributed by atoms with Crippen LogP contribution in [0.5, 0.6) is 5.75 Å². The first-order valence-electron chi connectivity index (χ1n) is 4.34. The van der Waals surface area contributed by atoms with Gasteiger partial charge in [-0.2, -0.15) is 5.10 Å². The predicted octanol–water partition coefficient (Wildman–Crippen LogP) is 1.52. The molecule has 4 nitrogen and oxygen atoms in total. The van der Waals surface area contributed by atoms with E-state index in [-0.39, 0.29) is 0 Å². The quantitative estimate of drug-likeness (QED) is 0.762. The largest absolute Gasteiger partial charge is 0.483 e. The molecule has 0 amide bonds. The molecule has 1 aromatic rings. The molecule has 3 rings (SSSR count). The lowest BCUT2D eigenvalue weighted by Crippen LogP contribution is -2.36. The van der Waals surface area contributed by atoms with E-state index >= 15 is 0 Å². The Bertz CT molecular complexity index is 419. The molecule has 0 spiro atoms. The van der Waals surface area contributed by atoms with E-state index in [1.54, 1.807) is 0 Å². The van der Waals surface area contributed by atoms with Gasteiger partial charge in [0, 0.05) is 4.47 Å². The SMILES string of the molecule is Brc1ccc2c(c1)N1CNN=C1CO2. The second kappa shape index (κ2) is 2.88. The van der Waals surface area contributed by atoms with Gasteiger partial charge in [-0.25, -0.2) is 0 Å². The maximum atomic E-state index is 5.56. The number of anilines is 1. The fraction of sp³-hybridized carbons (Fsp3) is 0.222. The van der Waals surface area contributed by atoms with Crippen LogP contribution >= 0.6 is 15.9 Å². The first-order chi connectivity index (χ1) is 6.84. The highest BCUT2D eigenvalue weighted by Gasteiger charge is 2.26. The van der Waals surface area contributed by atoms with Gasteiger partial charge in [-0.05, 0) is 18.2 Å². The summed E-state index contributed by atoms with van der Waals surface area (Å²) in [5.41, 5.74) is 4.01. The zero-order valence-corrected chi connectivity index (χ0v) is 8.91. The van der Waals surface area contributed by atoms with Gasteiger partial charge in [0.05, 0.1) is 5.69 Å². The van der Waals surface area contributed by atoms with Crippen molar-refractivity contribution in [3.8, 4) is 5.75 Å². The van der Waals surface area contributed by atoms with Crippen LogP contribution in [-0.2, 0) is 0 Å². The minimum Gasteiger partial charge on any atom is -0.483 e. The van der Waals surface area contributed by atoms with Crippen LogP contribution < -0.4 is 15.1 Å². The number of amidine groups is 1. The van der Waals surface area contributed by atoms with Crippen molar-refractivity contribution in [2.45, 2.75) is 0 Å². The molecule has 1 aromatic carbocycles. The van der Waals surface area contributed by atoms with Crippen molar-refractivity contribution < 1.29 is 4.74 Å². The van der Waals surface area contributed by atoms with Crippen molar-refractivity contribution in [2.24, 2.45) is 5.10 Å². The average Bonchev–Trinajstić information content (AvgIpc) is 2.65. The zero-order valence-electron chi connectivity index (χ0n) is 7.33. The molecule has 5 heteroatoms. The number of nitrogens with one attached hydrogen (secondary N) is 1. The molecule has 0 bridgehead atoms. The van der Waals surface area contributed by atoms with Gasteiger partial charge in [-0.1, -0.05) is 15.9 Å². The van der Waals surface area contributed by atoms with Gasteiger partial charge in [0.15, 0.2) is 5.84 Å². The van der Waals surface area contributed by atoms with Gasteiger partial charge in [0.1, 0.15) is 19.0 Å². The lowest BCUT2D eigenvalue weighted by atomic mass is 10.2. The summed E-state index contributed by atoms with van der Waals surface area (Å²) in [6.45, 7) is 1.27. The molecule has 1 N–H and O–H groups in total. The summed E-state index contributed by atoms with van der Waals surface area (Å²) in [4.78, 5) is 2.11. The fourth-order valence-electron chi connectivity index (χ4n) is 1.65. The number of nitrogens with zero attached hydrogens (tertiary/aromatic N) is 2. The molecule has 2 heterocycles. The predicted molar refractivity (Wildman–Crippen MR) is 57.6 cm³/mol. The smallest absolute Gasteiger partial charge is 0.169 e. The van der Waals surface area contributed by atoms with Crippen LogP contribution in [0.3, 0.4) is 0 Å². The molecule has 0 unspecified atom stereocenters. The van der Waals surface area contributed by atoms with E-state index in [0.29, 0.717) is 6.61 Å². The van der Waals surface area contributed by atoms with Crippen LogP contribution in [0.1, 0.15) is 0 Å². The monoisotopic (exact) mass is 253 g/mol. The molecular weight excluding hydrogens is 246 g/mol. The summed E-state index contributed by atoms with van der Waals surface area (Å²) in [6.07, 6.45) is 0. The van der Waals surface area contributed by atoms with Gasteiger partial charge >= 0.3 is 0 Å². The Balaban J connectivity index is 2.13. The summed E-state index contributed by atoms with van der Waals surface area (Å²) < 4.78 is 6.61. The molecule has 0 saturated heterocycles. The Morgan fingerprint density at radius 2 is 2.43 bits per heavy atom. The minimum atomic E-state index is 0.543. The van der Waals surface area contributed by atoms with Crippen molar-refractivity contribution in [3.05, 3.63) is 22.7 Å². The van der Waals surface area contributed by atoms with Crippen molar-refractivity contribution in [3.63, 3.8) is 0 Å². The lowest BCUT2D eigenvalue weighted by molar-refractivity contribution is 0.368. The summed E-state index contributed by atoms with van der Waals surface area (Å²) in [5.74, 6) is 1.85. The Labute approximate surface area is 89.7 Å². The highest BCUT2D eigenvalue weighted by molar-refractivity contribution is 9.10. The second-order valence-electron chi connectivity index (χ2n) is 3.17. The van der Waals surface area contributed by atoms with Crippen LogP contribution in [0.25, 0.3) is 0 Å². The highest BCUT2D eigenvalue weighted by atomic mass is 79.9. The van der Waals surface area contributed by atoms with Crippen molar-refractivity contribution >= 4 is 27.5 Å². The van der Waals surface area contributed by atoms with Crippen molar-refractivity contribution in [1.29, 1.82) is 0 Å². The molecule has 0 atom stereocenters. The summed E-state index contributed by atoms with van der Waals surface area (Å²) in [7, 11) is 0. The van der Waals surface area contributed by atoms with Gasteiger partial charge in [0.2, 0.25) is 0 Å². The van der Waals surface area contributed by atoms with E-state index < -0.39 is 0 Å². The molecule has 0 radical (unpaired) electrons. The van der Waals surface area contributed by atoms with Gasteiger partial charge in [0.25, 0.3) is 0 Å². The number of benzene rings is 1. The average molecular weight is 254 g/mol. The normalized spacial score (nSPS) is 17.8. The number of hydrogen-bond acceptors (Lipinski definition) is 4. The molecule has 2 aliphatic heterocycles. The Morgan fingerprint density at radius 3 is 3.36 bits per heavy atom. The number of halogens is 1. The number of hydrogen-bond donors (Lipinski definition) is 1. The van der Waals surface area contributed by atoms with Crippen molar-refractivity contribution in [1.82, 2.24) is 5.43 Å². The first-order valence-corrected chi connectivity index (χ1v) is 5.13. The van der Waals surface area contributed by atoms with E-state index in [9.17, 15) is 0 Å². The third-order valence-corrected chi connectivity index (χ3v) is 2.81. The standard InChI is InChI=1S/C9H8BrN3O/c10-6-1-2-8-7(3-6)13-5-11-12-9(13)4-14-8/h1-3,11H,4-5H2. The Kier molecular flexibility index (Phi) is 1.67. The van der Waals surface area contributed by atoms with Crippen LogP contribution in [0.15, 0.2) is 27.8 Å². The highest BCUT2D eigenvalue weighted by Crippen LogP contribution is 2.35. The Morgan fingerprint density at radius 1 is 1.50 bits per heavy atom. The van der Waals surface area contributed by atoms with Crippen LogP contribution in [0, 0.1) is 0 Å². The lowest BCUT2D eigenvalue weighted by Gasteiger charge is -2.27. The molecule has 14 heavy (non-hydrogen) atoms. The van der Waals surface area contributed by atoms with Gasteiger partial charge in [-0.15, -0.1) is 0 Å². The maximum Gasteiger partial charge on any atom is 0.169 e. The van der Waals surface area contributed by atoms with E-state index in [1.807, 2.05) is 18.2 Å². The minimum absolute atomic E-state index is 0.543. The summed E-state index contributed by atoms with van der Waals surface area (Å²) >= 11 is 3.44. The molecule has 0 fully saturated rings. The number of hydrazone groups is 1. The van der Waals surface area contributed by atoms with E-state index in [0.717, 1.165) is 28.4 Å². The second-order valence-corrected chi connectivity index (χ2v) is 4.09. The number of fused-ring (bicyclic) bond motifs is 3. The fourth-order valence-corrected chi connectivity index (χ4v) is 2.00. The maximum absolute atomic E-state index is 5.56. The Hall–Kier alpha value is -1.23. The van der Waals surface area contributed by atoms with Crippen LogP contribution in [0.2, 0.25) is 0 Å². The topological polar surface area (TPSA) is 36.9 Å². The van der Waals surface area contributed by atoms with Gasteiger partial charge in [-0.3, -0.25) is 5.43 Å². The van der Waals surface area contributed by atoms with E-state index in [4.69, 9.17) is 4.74 Å². The number of rotatable bonds is 0. The molecule has 0 saturated carbocycles.